The summed E-state index contributed by atoms with van der Waals surface area (Å²) in [4.78, 5) is 11.6. The molecule has 2 atom stereocenters. The van der Waals surface area contributed by atoms with Gasteiger partial charge in [-0.2, -0.15) is 0 Å². The van der Waals surface area contributed by atoms with Gasteiger partial charge in [0.25, 0.3) is 0 Å². The minimum atomic E-state index is -0.152. The molecule has 1 rings (SSSR count). The van der Waals surface area contributed by atoms with Crippen molar-refractivity contribution >= 4 is 11.7 Å². The number of carbonyl (C=O) groups is 1. The van der Waals surface area contributed by atoms with E-state index in [0.717, 1.165) is 12.8 Å². The third kappa shape index (κ3) is 3.72. The van der Waals surface area contributed by atoms with Crippen molar-refractivity contribution in [3.05, 3.63) is 0 Å². The first-order valence-corrected chi connectivity index (χ1v) is 5.93. The van der Waals surface area contributed by atoms with Gasteiger partial charge in [0.15, 0.2) is 0 Å². The second-order valence-corrected chi connectivity index (χ2v) is 4.39. The first-order chi connectivity index (χ1) is 7.67. The molecule has 5 heteroatoms. The van der Waals surface area contributed by atoms with Crippen LogP contribution >= 0.6 is 0 Å². The summed E-state index contributed by atoms with van der Waals surface area (Å²) in [7, 11) is 0. The third-order valence-electron chi connectivity index (χ3n) is 3.25. The molecule has 5 nitrogen and oxygen atoms in total. The van der Waals surface area contributed by atoms with Gasteiger partial charge in [-0.05, 0) is 18.8 Å². The van der Waals surface area contributed by atoms with Crippen molar-refractivity contribution in [2.75, 3.05) is 0 Å². The summed E-state index contributed by atoms with van der Waals surface area (Å²) in [5, 5.41) is 14.1. The molecule has 2 unspecified atom stereocenters. The molecular weight excluding hydrogens is 206 g/mol. The Labute approximate surface area is 96.1 Å². The molecule has 92 valence electrons. The monoisotopic (exact) mass is 227 g/mol. The van der Waals surface area contributed by atoms with Crippen molar-refractivity contribution in [2.45, 2.75) is 51.5 Å². The molecule has 0 saturated heterocycles. The second-order valence-electron chi connectivity index (χ2n) is 4.39. The SMILES string of the molecule is CCC1CCCCC1NC(=O)CC(N)=NO. The van der Waals surface area contributed by atoms with Crippen LogP contribution in [0.25, 0.3) is 0 Å². The molecule has 1 fully saturated rings. The number of carbonyl (C=O) groups excluding carboxylic acids is 1. The topological polar surface area (TPSA) is 87.7 Å². The van der Waals surface area contributed by atoms with Gasteiger partial charge in [-0.25, -0.2) is 0 Å². The molecule has 4 N–H and O–H groups in total. The van der Waals surface area contributed by atoms with Crippen molar-refractivity contribution in [2.24, 2.45) is 16.8 Å². The molecule has 1 aliphatic carbocycles. The molecule has 0 aromatic rings. The fraction of sp³-hybridized carbons (Fsp3) is 0.818. The molecule has 1 saturated carbocycles. The lowest BCUT2D eigenvalue weighted by molar-refractivity contribution is -0.121. The van der Waals surface area contributed by atoms with Crippen LogP contribution in [0.2, 0.25) is 0 Å². The fourth-order valence-corrected chi connectivity index (χ4v) is 2.34. The molecule has 0 radical (unpaired) electrons. The Morgan fingerprint density at radius 2 is 2.19 bits per heavy atom. The van der Waals surface area contributed by atoms with Gasteiger partial charge < -0.3 is 16.3 Å². The molecule has 0 aliphatic heterocycles. The van der Waals surface area contributed by atoms with E-state index >= 15 is 0 Å². The maximum atomic E-state index is 11.6. The summed E-state index contributed by atoms with van der Waals surface area (Å²) in [5.74, 6) is 0.381. The Morgan fingerprint density at radius 1 is 1.50 bits per heavy atom. The van der Waals surface area contributed by atoms with Crippen LogP contribution in [0.3, 0.4) is 0 Å². The number of nitrogens with zero attached hydrogens (tertiary/aromatic N) is 1. The largest absolute Gasteiger partial charge is 0.409 e. The number of nitrogens with two attached hydrogens (primary N) is 1. The number of nitrogens with one attached hydrogen (secondary N) is 1. The number of hydrogen-bond donors (Lipinski definition) is 3. The predicted molar refractivity (Wildman–Crippen MR) is 62.2 cm³/mol. The van der Waals surface area contributed by atoms with Crippen molar-refractivity contribution in [1.29, 1.82) is 0 Å². The minimum absolute atomic E-state index is 0.0244. The average molecular weight is 227 g/mol. The maximum absolute atomic E-state index is 11.6. The molecule has 0 aromatic heterocycles. The maximum Gasteiger partial charge on any atom is 0.227 e. The Hall–Kier alpha value is -1.26. The number of amidine groups is 1. The Morgan fingerprint density at radius 3 is 2.81 bits per heavy atom. The Kier molecular flexibility index (Phi) is 5.08. The Balaban J connectivity index is 2.42. The van der Waals surface area contributed by atoms with Crippen molar-refractivity contribution in [1.82, 2.24) is 5.32 Å². The highest BCUT2D eigenvalue weighted by molar-refractivity contribution is 5.98. The average Bonchev–Trinajstić information content (AvgIpc) is 2.29. The second kappa shape index (κ2) is 6.35. The van der Waals surface area contributed by atoms with Gasteiger partial charge in [-0.3, -0.25) is 4.79 Å². The molecule has 0 bridgehead atoms. The van der Waals surface area contributed by atoms with E-state index in [4.69, 9.17) is 10.9 Å². The fourth-order valence-electron chi connectivity index (χ4n) is 2.34. The summed E-state index contributed by atoms with van der Waals surface area (Å²) < 4.78 is 0. The van der Waals surface area contributed by atoms with Crippen molar-refractivity contribution in [3.8, 4) is 0 Å². The number of hydrogen-bond acceptors (Lipinski definition) is 3. The highest BCUT2D eigenvalue weighted by atomic mass is 16.4. The highest BCUT2D eigenvalue weighted by Crippen LogP contribution is 2.26. The van der Waals surface area contributed by atoms with Crippen LogP contribution in [0, 0.1) is 5.92 Å². The van der Waals surface area contributed by atoms with Crippen molar-refractivity contribution < 1.29 is 10.0 Å². The number of amides is 1. The summed E-state index contributed by atoms with van der Waals surface area (Å²) in [6.07, 6.45) is 5.72. The lowest BCUT2D eigenvalue weighted by Gasteiger charge is -2.31. The van der Waals surface area contributed by atoms with Crippen LogP contribution in [-0.2, 0) is 4.79 Å². The first kappa shape index (κ1) is 12.8. The lowest BCUT2D eigenvalue weighted by Crippen LogP contribution is -2.43. The van der Waals surface area contributed by atoms with E-state index in [1.165, 1.54) is 19.3 Å². The number of oxime groups is 1. The quantitative estimate of drug-likeness (QED) is 0.292. The van der Waals surface area contributed by atoms with Crippen LogP contribution in [0.15, 0.2) is 5.16 Å². The zero-order valence-electron chi connectivity index (χ0n) is 9.78. The zero-order valence-corrected chi connectivity index (χ0v) is 9.78. The van der Waals surface area contributed by atoms with Gasteiger partial charge >= 0.3 is 0 Å². The van der Waals surface area contributed by atoms with Crippen molar-refractivity contribution in [3.63, 3.8) is 0 Å². The van der Waals surface area contributed by atoms with Crippen LogP contribution < -0.4 is 11.1 Å². The number of rotatable bonds is 4. The first-order valence-electron chi connectivity index (χ1n) is 5.93. The van der Waals surface area contributed by atoms with E-state index in [-0.39, 0.29) is 24.2 Å². The van der Waals surface area contributed by atoms with Gasteiger partial charge in [0, 0.05) is 6.04 Å². The summed E-state index contributed by atoms with van der Waals surface area (Å²) in [6.45, 7) is 2.15. The lowest BCUT2D eigenvalue weighted by atomic mass is 9.83. The third-order valence-corrected chi connectivity index (χ3v) is 3.25. The summed E-state index contributed by atoms with van der Waals surface area (Å²) >= 11 is 0. The van der Waals surface area contributed by atoms with Gasteiger partial charge in [-0.1, -0.05) is 31.3 Å². The molecule has 1 aliphatic rings. The molecular formula is C11H21N3O2. The van der Waals surface area contributed by atoms with Crippen LogP contribution in [0.1, 0.15) is 45.4 Å². The van der Waals surface area contributed by atoms with E-state index in [1.54, 1.807) is 0 Å². The molecule has 1 amide bonds. The summed E-state index contributed by atoms with van der Waals surface area (Å²) in [6, 6.07) is 0.262. The smallest absolute Gasteiger partial charge is 0.227 e. The van der Waals surface area contributed by atoms with Gasteiger partial charge in [0.2, 0.25) is 5.91 Å². The van der Waals surface area contributed by atoms with E-state index < -0.39 is 0 Å². The van der Waals surface area contributed by atoms with Gasteiger partial charge in [-0.15, -0.1) is 0 Å². The molecule has 16 heavy (non-hydrogen) atoms. The van der Waals surface area contributed by atoms with Crippen LogP contribution in [0.5, 0.6) is 0 Å². The van der Waals surface area contributed by atoms with Gasteiger partial charge in [0.1, 0.15) is 5.84 Å². The molecule has 0 spiro atoms. The summed E-state index contributed by atoms with van der Waals surface area (Å²) in [5.41, 5.74) is 5.29. The van der Waals surface area contributed by atoms with Crippen LogP contribution in [0.4, 0.5) is 0 Å². The minimum Gasteiger partial charge on any atom is -0.409 e. The van der Waals surface area contributed by atoms with E-state index in [1.807, 2.05) is 0 Å². The van der Waals surface area contributed by atoms with Crippen LogP contribution in [-0.4, -0.2) is 23.0 Å². The van der Waals surface area contributed by atoms with Gasteiger partial charge in [0.05, 0.1) is 6.42 Å². The molecule has 0 heterocycles. The molecule has 0 aromatic carbocycles. The highest BCUT2D eigenvalue weighted by Gasteiger charge is 2.24. The normalized spacial score (nSPS) is 26.4. The standard InChI is InChI=1S/C11H21N3O2/c1-2-8-5-3-4-6-9(8)13-11(15)7-10(12)14-16/h8-9,16H,2-7H2,1H3,(H2,12,14)(H,13,15). The van der Waals surface area contributed by atoms with E-state index in [9.17, 15) is 4.79 Å². The Bertz CT molecular complexity index is 266. The zero-order chi connectivity index (χ0) is 12.0. The predicted octanol–water partition coefficient (Wildman–Crippen LogP) is 1.21. The van der Waals surface area contributed by atoms with E-state index in [0.29, 0.717) is 5.92 Å². The van der Waals surface area contributed by atoms with E-state index in [2.05, 4.69) is 17.4 Å².